The van der Waals surface area contributed by atoms with Gasteiger partial charge in [0.2, 0.25) is 11.8 Å². The predicted octanol–water partition coefficient (Wildman–Crippen LogP) is 4.23. The predicted molar refractivity (Wildman–Crippen MR) is 123 cm³/mol. The number of hydrogen-bond donors (Lipinski definition) is 1. The normalized spacial score (nSPS) is 16.8. The van der Waals surface area contributed by atoms with Crippen molar-refractivity contribution in [2.24, 2.45) is 5.92 Å². The van der Waals surface area contributed by atoms with Gasteiger partial charge in [-0.2, -0.15) is 0 Å². The number of halogens is 1. The van der Waals surface area contributed by atoms with E-state index in [-0.39, 0.29) is 23.8 Å². The molecule has 0 spiro atoms. The van der Waals surface area contributed by atoms with Crippen molar-refractivity contribution in [2.45, 2.75) is 51.8 Å². The van der Waals surface area contributed by atoms with E-state index in [1.165, 1.54) is 0 Å². The number of rotatable bonds is 9. The summed E-state index contributed by atoms with van der Waals surface area (Å²) in [6.45, 7) is 5.28. The number of amides is 2. The maximum absolute atomic E-state index is 13.3. The Morgan fingerprint density at radius 2 is 1.81 bits per heavy atom. The average Bonchev–Trinajstić information content (AvgIpc) is 3.29. The van der Waals surface area contributed by atoms with Gasteiger partial charge in [-0.15, -0.1) is 0 Å². The molecule has 1 fully saturated rings. The van der Waals surface area contributed by atoms with Gasteiger partial charge in [-0.3, -0.25) is 9.59 Å². The Morgan fingerprint density at radius 3 is 2.42 bits per heavy atom. The summed E-state index contributed by atoms with van der Waals surface area (Å²) in [5.41, 5.74) is 1.95. The lowest BCUT2D eigenvalue weighted by molar-refractivity contribution is -0.143. The van der Waals surface area contributed by atoms with Gasteiger partial charge in [0.15, 0.2) is 0 Å². The summed E-state index contributed by atoms with van der Waals surface area (Å²) in [6, 6.07) is 16.6. The third kappa shape index (κ3) is 6.81. The van der Waals surface area contributed by atoms with Crippen LogP contribution in [0.2, 0.25) is 5.02 Å². The summed E-state index contributed by atoms with van der Waals surface area (Å²) in [7, 11) is 0. The molecule has 3 rings (SSSR count). The number of benzene rings is 2. The molecular weight excluding hydrogens is 412 g/mol. The van der Waals surface area contributed by atoms with Crippen molar-refractivity contribution in [3.05, 3.63) is 70.7 Å². The lowest BCUT2D eigenvalue weighted by atomic mass is 10.0. The molecule has 6 heteroatoms. The van der Waals surface area contributed by atoms with Crippen molar-refractivity contribution < 1.29 is 14.3 Å². The number of carbonyl (C=O) groups excluding carboxylic acids is 2. The van der Waals surface area contributed by atoms with Crippen LogP contribution in [0.15, 0.2) is 54.6 Å². The van der Waals surface area contributed by atoms with Crippen LogP contribution < -0.4 is 5.32 Å². The van der Waals surface area contributed by atoms with Gasteiger partial charge in [0, 0.05) is 37.1 Å². The second-order valence-corrected chi connectivity index (χ2v) is 8.77. The Bertz CT molecular complexity index is 849. The van der Waals surface area contributed by atoms with Gasteiger partial charge < -0.3 is 15.0 Å². The largest absolute Gasteiger partial charge is 0.376 e. The maximum Gasteiger partial charge on any atom is 0.243 e. The lowest BCUT2D eigenvalue weighted by Crippen LogP contribution is -2.52. The molecule has 2 aromatic carbocycles. The van der Waals surface area contributed by atoms with E-state index in [2.05, 4.69) is 5.32 Å². The molecule has 0 unspecified atom stereocenters. The Morgan fingerprint density at radius 1 is 1.10 bits per heavy atom. The van der Waals surface area contributed by atoms with E-state index in [0.717, 1.165) is 30.6 Å². The highest BCUT2D eigenvalue weighted by atomic mass is 35.5. The van der Waals surface area contributed by atoms with Crippen LogP contribution in [-0.2, 0) is 27.3 Å². The summed E-state index contributed by atoms with van der Waals surface area (Å²) < 4.78 is 5.65. The van der Waals surface area contributed by atoms with Crippen molar-refractivity contribution in [1.29, 1.82) is 0 Å². The van der Waals surface area contributed by atoms with Crippen LogP contribution in [0.25, 0.3) is 0 Å². The zero-order valence-electron chi connectivity index (χ0n) is 18.2. The molecular formula is C25H31ClN2O3. The fourth-order valence-corrected chi connectivity index (χ4v) is 3.91. The third-order valence-corrected chi connectivity index (χ3v) is 5.77. The van der Waals surface area contributed by atoms with E-state index >= 15 is 0 Å². The summed E-state index contributed by atoms with van der Waals surface area (Å²) in [6.07, 6.45) is 2.46. The quantitative estimate of drug-likeness (QED) is 0.632. The van der Waals surface area contributed by atoms with E-state index in [1.54, 1.807) is 17.0 Å². The molecule has 1 aliphatic rings. The van der Waals surface area contributed by atoms with Crippen molar-refractivity contribution in [3.63, 3.8) is 0 Å². The molecule has 166 valence electrons. The van der Waals surface area contributed by atoms with Gasteiger partial charge >= 0.3 is 0 Å². The van der Waals surface area contributed by atoms with Gasteiger partial charge in [-0.25, -0.2) is 0 Å². The van der Waals surface area contributed by atoms with E-state index < -0.39 is 6.04 Å². The number of ether oxygens (including phenoxy) is 1. The van der Waals surface area contributed by atoms with Crippen LogP contribution in [0.1, 0.15) is 37.8 Å². The molecule has 31 heavy (non-hydrogen) atoms. The minimum atomic E-state index is -0.616. The van der Waals surface area contributed by atoms with Crippen molar-refractivity contribution in [1.82, 2.24) is 10.2 Å². The van der Waals surface area contributed by atoms with Crippen molar-refractivity contribution >= 4 is 23.4 Å². The minimum absolute atomic E-state index is 0.0480. The second kappa shape index (κ2) is 11.3. The standard InChI is InChI=1S/C25H31ClN2O3/c1-18(2)25(30)28(17-20-10-12-21(26)13-11-20)23(15-19-7-4-3-5-8-19)24(29)27-16-22-9-6-14-31-22/h3-5,7-8,10-13,18,22-23H,6,9,14-17H2,1-2H3,(H,27,29)/t22-,23+/m1/s1. The highest BCUT2D eigenvalue weighted by Gasteiger charge is 2.32. The van der Waals surface area contributed by atoms with Crippen LogP contribution in [0.4, 0.5) is 0 Å². The molecule has 0 aliphatic carbocycles. The molecule has 0 radical (unpaired) electrons. The SMILES string of the molecule is CC(C)C(=O)N(Cc1ccc(Cl)cc1)[C@@H](Cc1ccccc1)C(=O)NC[C@H]1CCCO1. The first-order chi connectivity index (χ1) is 14.9. The van der Waals surface area contributed by atoms with Gasteiger partial charge in [0.1, 0.15) is 6.04 Å². The van der Waals surface area contributed by atoms with Gasteiger partial charge in [0.05, 0.1) is 6.10 Å². The lowest BCUT2D eigenvalue weighted by Gasteiger charge is -2.33. The van der Waals surface area contributed by atoms with Crippen LogP contribution in [0, 0.1) is 5.92 Å². The fourth-order valence-electron chi connectivity index (χ4n) is 3.78. The molecule has 1 N–H and O–H groups in total. The second-order valence-electron chi connectivity index (χ2n) is 8.33. The van der Waals surface area contributed by atoms with E-state index in [1.807, 2.05) is 56.3 Å². The molecule has 0 saturated carbocycles. The topological polar surface area (TPSA) is 58.6 Å². The number of nitrogens with one attached hydrogen (secondary N) is 1. The molecule has 2 amide bonds. The average molecular weight is 443 g/mol. The van der Waals surface area contributed by atoms with Gasteiger partial charge in [-0.05, 0) is 36.1 Å². The summed E-state index contributed by atoms with van der Waals surface area (Å²) >= 11 is 6.03. The number of nitrogens with zero attached hydrogens (tertiary/aromatic N) is 1. The molecule has 2 aromatic rings. The molecule has 1 saturated heterocycles. The molecule has 1 heterocycles. The first kappa shape index (κ1) is 23.3. The van der Waals surface area contributed by atoms with Crippen molar-refractivity contribution in [3.8, 4) is 0 Å². The van der Waals surface area contributed by atoms with E-state index in [4.69, 9.17) is 16.3 Å². The zero-order chi connectivity index (χ0) is 22.2. The molecule has 1 aliphatic heterocycles. The Hall–Kier alpha value is -2.37. The summed E-state index contributed by atoms with van der Waals surface area (Å²) in [5.74, 6) is -0.429. The van der Waals surface area contributed by atoms with Gasteiger partial charge in [-0.1, -0.05) is 67.9 Å². The summed E-state index contributed by atoms with van der Waals surface area (Å²) in [4.78, 5) is 28.2. The Balaban J connectivity index is 1.85. The number of carbonyl (C=O) groups is 2. The van der Waals surface area contributed by atoms with Crippen LogP contribution in [0.5, 0.6) is 0 Å². The van der Waals surface area contributed by atoms with Crippen LogP contribution in [-0.4, -0.2) is 42.0 Å². The smallest absolute Gasteiger partial charge is 0.243 e. The first-order valence-electron chi connectivity index (χ1n) is 10.9. The van der Waals surface area contributed by atoms with E-state index in [0.29, 0.717) is 24.5 Å². The zero-order valence-corrected chi connectivity index (χ0v) is 19.0. The first-order valence-corrected chi connectivity index (χ1v) is 11.3. The van der Waals surface area contributed by atoms with E-state index in [9.17, 15) is 9.59 Å². The van der Waals surface area contributed by atoms with Gasteiger partial charge in [0.25, 0.3) is 0 Å². The minimum Gasteiger partial charge on any atom is -0.376 e. The highest BCUT2D eigenvalue weighted by Crippen LogP contribution is 2.19. The molecule has 0 aromatic heterocycles. The fraction of sp³-hybridized carbons (Fsp3) is 0.440. The highest BCUT2D eigenvalue weighted by molar-refractivity contribution is 6.30. The number of hydrogen-bond acceptors (Lipinski definition) is 3. The van der Waals surface area contributed by atoms with Crippen molar-refractivity contribution in [2.75, 3.05) is 13.2 Å². The Labute approximate surface area is 189 Å². The molecule has 0 bridgehead atoms. The summed E-state index contributed by atoms with van der Waals surface area (Å²) in [5, 5.41) is 3.67. The molecule has 5 nitrogen and oxygen atoms in total. The maximum atomic E-state index is 13.3. The monoisotopic (exact) mass is 442 g/mol. The molecule has 2 atom stereocenters. The van der Waals surface area contributed by atoms with Crippen LogP contribution >= 0.6 is 11.6 Å². The Kier molecular flexibility index (Phi) is 8.50. The van der Waals surface area contributed by atoms with Crippen LogP contribution in [0.3, 0.4) is 0 Å². The third-order valence-electron chi connectivity index (χ3n) is 5.52.